The van der Waals surface area contributed by atoms with E-state index in [0.717, 1.165) is 6.54 Å². The summed E-state index contributed by atoms with van der Waals surface area (Å²) in [6, 6.07) is 10.0. The van der Waals surface area contributed by atoms with E-state index in [1.54, 1.807) is 11.1 Å². The van der Waals surface area contributed by atoms with Crippen LogP contribution >= 0.6 is 0 Å². The molecule has 2 unspecified atom stereocenters. The van der Waals surface area contributed by atoms with Crippen molar-refractivity contribution >= 4 is 0 Å². The average Bonchev–Trinajstić information content (AvgIpc) is 2.66. The van der Waals surface area contributed by atoms with Crippen molar-refractivity contribution in [3.05, 3.63) is 35.4 Å². The Morgan fingerprint density at radius 2 is 2.00 bits per heavy atom. The van der Waals surface area contributed by atoms with Crippen LogP contribution in [0.2, 0.25) is 0 Å². The molecule has 2 aliphatic rings. The van der Waals surface area contributed by atoms with E-state index < -0.39 is 0 Å². The highest BCUT2D eigenvalue weighted by Crippen LogP contribution is 2.34. The predicted molar refractivity (Wildman–Crippen MR) is 70.9 cm³/mol. The highest BCUT2D eigenvalue weighted by molar-refractivity contribution is 5.31. The number of rotatable bonds is 1. The second-order valence-corrected chi connectivity index (χ2v) is 5.50. The van der Waals surface area contributed by atoms with E-state index in [0.29, 0.717) is 12.1 Å². The maximum absolute atomic E-state index is 6.05. The molecule has 92 valence electrons. The molecule has 0 saturated carbocycles. The SMILES string of the molecule is NC1CCN(C2CCCCc3ccccc32)C1. The molecule has 17 heavy (non-hydrogen) atoms. The first-order chi connectivity index (χ1) is 8.34. The molecule has 3 rings (SSSR count). The lowest BCUT2D eigenvalue weighted by Gasteiger charge is -2.28. The molecule has 1 aromatic carbocycles. The lowest BCUT2D eigenvalue weighted by molar-refractivity contribution is 0.229. The van der Waals surface area contributed by atoms with Gasteiger partial charge in [-0.05, 0) is 36.8 Å². The highest BCUT2D eigenvalue weighted by Gasteiger charge is 2.29. The smallest absolute Gasteiger partial charge is 0.0351 e. The third kappa shape index (κ3) is 2.24. The number of fused-ring (bicyclic) bond motifs is 1. The van der Waals surface area contributed by atoms with Crippen molar-refractivity contribution in [3.63, 3.8) is 0 Å². The highest BCUT2D eigenvalue weighted by atomic mass is 15.2. The zero-order valence-electron chi connectivity index (χ0n) is 10.4. The molecule has 0 amide bonds. The minimum atomic E-state index is 0.394. The summed E-state index contributed by atoms with van der Waals surface area (Å²) in [5.41, 5.74) is 9.18. The van der Waals surface area contributed by atoms with Gasteiger partial charge in [-0.2, -0.15) is 0 Å². The predicted octanol–water partition coefficient (Wildman–Crippen LogP) is 2.49. The van der Waals surface area contributed by atoms with Crippen LogP contribution in [0.25, 0.3) is 0 Å². The van der Waals surface area contributed by atoms with Gasteiger partial charge in [0.25, 0.3) is 0 Å². The molecule has 1 aromatic rings. The summed E-state index contributed by atoms with van der Waals surface area (Å²) in [5.74, 6) is 0. The van der Waals surface area contributed by atoms with Crippen molar-refractivity contribution in [2.24, 2.45) is 5.73 Å². The van der Waals surface area contributed by atoms with Gasteiger partial charge in [0.15, 0.2) is 0 Å². The molecule has 0 radical (unpaired) electrons. The Morgan fingerprint density at radius 1 is 1.12 bits per heavy atom. The van der Waals surface area contributed by atoms with E-state index in [1.807, 2.05) is 0 Å². The minimum Gasteiger partial charge on any atom is -0.326 e. The van der Waals surface area contributed by atoms with E-state index in [1.165, 1.54) is 38.6 Å². The average molecular weight is 230 g/mol. The van der Waals surface area contributed by atoms with Gasteiger partial charge in [0.05, 0.1) is 0 Å². The summed E-state index contributed by atoms with van der Waals surface area (Å²) in [7, 11) is 0. The largest absolute Gasteiger partial charge is 0.326 e. The first kappa shape index (κ1) is 11.2. The van der Waals surface area contributed by atoms with Crippen LogP contribution in [0.15, 0.2) is 24.3 Å². The molecule has 0 bridgehead atoms. The van der Waals surface area contributed by atoms with Gasteiger partial charge in [0.1, 0.15) is 0 Å². The van der Waals surface area contributed by atoms with E-state index in [2.05, 4.69) is 29.2 Å². The molecule has 1 saturated heterocycles. The molecule has 2 N–H and O–H groups in total. The number of likely N-dealkylation sites (tertiary alicyclic amines) is 1. The number of hydrogen-bond acceptors (Lipinski definition) is 2. The van der Waals surface area contributed by atoms with Crippen LogP contribution in [0.4, 0.5) is 0 Å². The molecule has 2 heteroatoms. The van der Waals surface area contributed by atoms with Gasteiger partial charge in [-0.15, -0.1) is 0 Å². The Kier molecular flexibility index (Phi) is 3.17. The number of nitrogens with zero attached hydrogens (tertiary/aromatic N) is 1. The molecule has 0 aromatic heterocycles. The van der Waals surface area contributed by atoms with Crippen molar-refractivity contribution in [2.75, 3.05) is 13.1 Å². The molecular weight excluding hydrogens is 208 g/mol. The van der Waals surface area contributed by atoms with Crippen LogP contribution in [0.3, 0.4) is 0 Å². The normalized spacial score (nSPS) is 29.9. The van der Waals surface area contributed by atoms with Crippen molar-refractivity contribution in [2.45, 2.75) is 44.2 Å². The zero-order chi connectivity index (χ0) is 11.7. The maximum Gasteiger partial charge on any atom is 0.0351 e. The molecule has 1 fully saturated rings. The Morgan fingerprint density at radius 3 is 2.82 bits per heavy atom. The Hall–Kier alpha value is -0.860. The number of nitrogens with two attached hydrogens (primary N) is 1. The summed E-state index contributed by atoms with van der Waals surface area (Å²) in [6.45, 7) is 2.26. The molecule has 0 spiro atoms. The van der Waals surface area contributed by atoms with E-state index >= 15 is 0 Å². The van der Waals surface area contributed by atoms with Gasteiger partial charge < -0.3 is 5.73 Å². The third-order valence-corrected chi connectivity index (χ3v) is 4.28. The van der Waals surface area contributed by atoms with Gasteiger partial charge >= 0.3 is 0 Å². The van der Waals surface area contributed by atoms with Gasteiger partial charge in [-0.1, -0.05) is 30.7 Å². The zero-order valence-corrected chi connectivity index (χ0v) is 10.4. The van der Waals surface area contributed by atoms with Crippen LogP contribution in [0.1, 0.15) is 42.9 Å². The summed E-state index contributed by atoms with van der Waals surface area (Å²) in [6.07, 6.45) is 6.42. The van der Waals surface area contributed by atoms with Crippen LogP contribution in [-0.2, 0) is 6.42 Å². The fourth-order valence-corrected chi connectivity index (χ4v) is 3.37. The lowest BCUT2D eigenvalue weighted by atomic mass is 9.98. The van der Waals surface area contributed by atoms with Gasteiger partial charge in [0.2, 0.25) is 0 Å². The van der Waals surface area contributed by atoms with Crippen molar-refractivity contribution in [1.82, 2.24) is 4.90 Å². The molecule has 1 aliphatic heterocycles. The second kappa shape index (κ2) is 4.79. The van der Waals surface area contributed by atoms with E-state index in [9.17, 15) is 0 Å². The van der Waals surface area contributed by atoms with Crippen molar-refractivity contribution in [3.8, 4) is 0 Å². The van der Waals surface area contributed by atoms with Crippen molar-refractivity contribution < 1.29 is 0 Å². The van der Waals surface area contributed by atoms with Gasteiger partial charge in [0, 0.05) is 25.2 Å². The lowest BCUT2D eigenvalue weighted by Crippen LogP contribution is -2.30. The van der Waals surface area contributed by atoms with Gasteiger partial charge in [-0.25, -0.2) is 0 Å². The molecule has 1 heterocycles. The van der Waals surface area contributed by atoms with Crippen molar-refractivity contribution in [1.29, 1.82) is 0 Å². The monoisotopic (exact) mass is 230 g/mol. The van der Waals surface area contributed by atoms with Crippen LogP contribution in [0, 0.1) is 0 Å². The number of hydrogen-bond donors (Lipinski definition) is 1. The van der Waals surface area contributed by atoms with Crippen LogP contribution in [-0.4, -0.2) is 24.0 Å². The van der Waals surface area contributed by atoms with Crippen LogP contribution in [0.5, 0.6) is 0 Å². The quantitative estimate of drug-likeness (QED) is 0.751. The third-order valence-electron chi connectivity index (χ3n) is 4.28. The Labute approximate surface area is 104 Å². The Bertz CT molecular complexity index is 388. The summed E-state index contributed by atoms with van der Waals surface area (Å²) < 4.78 is 0. The van der Waals surface area contributed by atoms with E-state index in [4.69, 9.17) is 5.73 Å². The maximum atomic E-state index is 6.05. The summed E-state index contributed by atoms with van der Waals surface area (Å²) in [5, 5.41) is 0. The Balaban J connectivity index is 1.89. The fraction of sp³-hybridized carbons (Fsp3) is 0.600. The first-order valence-electron chi connectivity index (χ1n) is 6.92. The second-order valence-electron chi connectivity index (χ2n) is 5.50. The molecule has 2 nitrogen and oxygen atoms in total. The van der Waals surface area contributed by atoms with Crippen LogP contribution < -0.4 is 5.73 Å². The topological polar surface area (TPSA) is 29.3 Å². The van der Waals surface area contributed by atoms with E-state index in [-0.39, 0.29) is 0 Å². The number of benzene rings is 1. The first-order valence-corrected chi connectivity index (χ1v) is 6.92. The fourth-order valence-electron chi connectivity index (χ4n) is 3.37. The standard InChI is InChI=1S/C15H22N2/c16-13-9-10-17(11-13)15-8-4-2-6-12-5-1-3-7-14(12)15/h1,3,5,7,13,15H,2,4,6,8-11,16H2. The molecular formula is C15H22N2. The minimum absolute atomic E-state index is 0.394. The summed E-state index contributed by atoms with van der Waals surface area (Å²) in [4.78, 5) is 2.61. The van der Waals surface area contributed by atoms with Gasteiger partial charge in [-0.3, -0.25) is 4.90 Å². The number of aryl methyl sites for hydroxylation is 1. The molecule has 1 aliphatic carbocycles. The molecule has 2 atom stereocenters. The summed E-state index contributed by atoms with van der Waals surface area (Å²) >= 11 is 0.